The molecule has 0 bridgehead atoms. The summed E-state index contributed by atoms with van der Waals surface area (Å²) in [6, 6.07) is 4.23. The van der Waals surface area contributed by atoms with Gasteiger partial charge in [0.05, 0.1) is 17.0 Å². The van der Waals surface area contributed by atoms with Gasteiger partial charge in [0.2, 0.25) is 10.0 Å². The monoisotopic (exact) mass is 444 g/mol. The molecule has 1 atom stereocenters. The number of piperidine rings is 1. The third kappa shape index (κ3) is 4.03. The van der Waals surface area contributed by atoms with Gasteiger partial charge in [0, 0.05) is 12.7 Å². The average molecular weight is 444 g/mol. The largest absolute Gasteiger partial charge is 0.459 e. The summed E-state index contributed by atoms with van der Waals surface area (Å²) in [6.45, 7) is 0.132. The molecule has 30 heavy (non-hydrogen) atoms. The van der Waals surface area contributed by atoms with Crippen molar-refractivity contribution in [1.29, 1.82) is 0 Å². The molecule has 0 spiro atoms. The zero-order valence-corrected chi connectivity index (χ0v) is 16.0. The number of nitrogens with one attached hydrogen (secondary N) is 1. The molecule has 3 heterocycles. The molecular weight excluding hydrogens is 429 g/mol. The third-order valence-electron chi connectivity index (χ3n) is 4.57. The molecule has 0 amide bonds. The van der Waals surface area contributed by atoms with Gasteiger partial charge in [-0.1, -0.05) is 0 Å². The van der Waals surface area contributed by atoms with E-state index in [2.05, 4.69) is 15.0 Å². The van der Waals surface area contributed by atoms with Crippen molar-refractivity contribution in [3.63, 3.8) is 0 Å². The molecule has 2 aromatic heterocycles. The lowest BCUT2D eigenvalue weighted by Crippen LogP contribution is -2.44. The third-order valence-corrected chi connectivity index (χ3v) is 6.43. The minimum Gasteiger partial charge on any atom is -0.459 e. The maximum absolute atomic E-state index is 13.0. The number of sulfonamides is 1. The first kappa shape index (κ1) is 20.3. The van der Waals surface area contributed by atoms with Crippen molar-refractivity contribution in [1.82, 2.24) is 19.3 Å². The first-order valence-corrected chi connectivity index (χ1v) is 10.3. The molecule has 0 saturated carbocycles. The van der Waals surface area contributed by atoms with Crippen LogP contribution < -0.4 is 10.5 Å². The van der Waals surface area contributed by atoms with Gasteiger partial charge in [0.15, 0.2) is 11.3 Å². The number of ether oxygens (including phenoxy) is 1. The number of nitrogens with zero attached hydrogens (tertiary/aromatic N) is 3. The molecule has 1 fully saturated rings. The zero-order chi connectivity index (χ0) is 21.5. The number of aromatic nitrogens is 3. The minimum absolute atomic E-state index is 0.0528. The van der Waals surface area contributed by atoms with Gasteiger partial charge in [-0.2, -0.15) is 22.5 Å². The summed E-state index contributed by atoms with van der Waals surface area (Å²) in [5.41, 5.74) is -0.682. The Bertz CT molecular complexity index is 1240. The van der Waals surface area contributed by atoms with Gasteiger partial charge < -0.3 is 9.15 Å². The molecule has 1 aromatic carbocycles. The second-order valence-electron chi connectivity index (χ2n) is 6.64. The normalized spacial score (nSPS) is 18.6. The second-order valence-corrected chi connectivity index (χ2v) is 8.58. The first-order chi connectivity index (χ1) is 14.1. The molecule has 1 aliphatic rings. The molecule has 1 aliphatic heterocycles. The summed E-state index contributed by atoms with van der Waals surface area (Å²) in [6.07, 6.45) is -3.55. The van der Waals surface area contributed by atoms with Gasteiger partial charge in [-0.15, -0.1) is 0 Å². The summed E-state index contributed by atoms with van der Waals surface area (Å²) in [4.78, 5) is 20.6. The number of fused-ring (bicyclic) bond motifs is 1. The van der Waals surface area contributed by atoms with Gasteiger partial charge in [-0.05, 0) is 37.1 Å². The van der Waals surface area contributed by atoms with Crippen LogP contribution in [0.15, 0.2) is 44.6 Å². The molecule has 3 aromatic rings. The summed E-state index contributed by atoms with van der Waals surface area (Å²) in [5.74, 6) is -0.702. The highest BCUT2D eigenvalue weighted by atomic mass is 32.2. The lowest BCUT2D eigenvalue weighted by Gasteiger charge is -2.31. The molecule has 13 heteroatoms. The van der Waals surface area contributed by atoms with E-state index in [0.717, 1.165) is 12.3 Å². The van der Waals surface area contributed by atoms with Gasteiger partial charge in [0.1, 0.15) is 6.10 Å². The Morgan fingerprint density at radius 3 is 2.83 bits per heavy atom. The number of alkyl halides is 3. The first-order valence-electron chi connectivity index (χ1n) is 8.83. The summed E-state index contributed by atoms with van der Waals surface area (Å²) in [7, 11) is -3.93. The van der Waals surface area contributed by atoms with E-state index in [9.17, 15) is 26.4 Å². The Morgan fingerprint density at radius 2 is 2.07 bits per heavy atom. The van der Waals surface area contributed by atoms with Crippen LogP contribution in [-0.4, -0.2) is 46.9 Å². The molecule has 1 N–H and O–H groups in total. The van der Waals surface area contributed by atoms with E-state index in [1.165, 1.54) is 22.5 Å². The fourth-order valence-electron chi connectivity index (χ4n) is 3.16. The Morgan fingerprint density at radius 1 is 1.27 bits per heavy atom. The van der Waals surface area contributed by atoms with Crippen LogP contribution in [0, 0.1) is 0 Å². The van der Waals surface area contributed by atoms with Crippen LogP contribution in [0.1, 0.15) is 18.5 Å². The van der Waals surface area contributed by atoms with Crippen molar-refractivity contribution in [2.24, 2.45) is 0 Å². The highest BCUT2D eigenvalue weighted by molar-refractivity contribution is 7.89. The van der Waals surface area contributed by atoms with Crippen LogP contribution in [-0.2, 0) is 16.2 Å². The van der Waals surface area contributed by atoms with Crippen LogP contribution in [0.3, 0.4) is 0 Å². The number of aromatic amines is 1. The van der Waals surface area contributed by atoms with Crippen molar-refractivity contribution in [3.8, 4) is 6.01 Å². The number of oxazole rings is 1. The van der Waals surface area contributed by atoms with Gasteiger partial charge in [-0.3, -0.25) is 4.98 Å². The Labute approximate surface area is 167 Å². The van der Waals surface area contributed by atoms with E-state index < -0.39 is 39.8 Å². The van der Waals surface area contributed by atoms with Crippen LogP contribution in [0.5, 0.6) is 6.01 Å². The molecule has 9 nitrogen and oxygen atoms in total. The zero-order valence-electron chi connectivity index (χ0n) is 15.2. The van der Waals surface area contributed by atoms with E-state index in [0.29, 0.717) is 12.8 Å². The Kier molecular flexibility index (Phi) is 5.02. The summed E-state index contributed by atoms with van der Waals surface area (Å²) < 4.78 is 75.9. The van der Waals surface area contributed by atoms with E-state index >= 15 is 0 Å². The number of halogens is 3. The quantitative estimate of drug-likeness (QED) is 0.655. The van der Waals surface area contributed by atoms with Crippen LogP contribution >= 0.6 is 0 Å². The maximum atomic E-state index is 13.0. The van der Waals surface area contributed by atoms with Gasteiger partial charge in [-0.25, -0.2) is 18.2 Å². The molecular formula is C17H15F3N4O5S. The fourth-order valence-corrected chi connectivity index (χ4v) is 4.70. The molecule has 4 rings (SSSR count). The van der Waals surface area contributed by atoms with Crippen LogP contribution in [0.4, 0.5) is 13.2 Å². The van der Waals surface area contributed by atoms with Gasteiger partial charge >= 0.3 is 17.9 Å². The van der Waals surface area contributed by atoms with E-state index in [1.807, 2.05) is 0 Å². The topological polar surface area (TPSA) is 118 Å². The van der Waals surface area contributed by atoms with Crippen LogP contribution in [0.2, 0.25) is 0 Å². The predicted molar refractivity (Wildman–Crippen MR) is 96.3 cm³/mol. The fraction of sp³-hybridized carbons (Fsp3) is 0.353. The maximum Gasteiger partial charge on any atom is 0.433 e. The number of rotatable bonds is 4. The van der Waals surface area contributed by atoms with E-state index in [-0.39, 0.29) is 29.1 Å². The number of benzene rings is 1. The predicted octanol–water partition coefficient (Wildman–Crippen LogP) is 2.16. The number of H-pyrrole nitrogens is 1. The molecule has 160 valence electrons. The number of hydrogen-bond acceptors (Lipinski definition) is 7. The SMILES string of the molecule is O=c1[nH]c2cc(S(=O)(=O)N3CCCC(Oc4nccc(C(F)(F)F)n4)C3)ccc2o1. The average Bonchev–Trinajstić information content (AvgIpc) is 3.07. The molecule has 0 radical (unpaired) electrons. The second kappa shape index (κ2) is 7.40. The molecule has 1 unspecified atom stereocenters. The molecule has 0 aliphatic carbocycles. The lowest BCUT2D eigenvalue weighted by atomic mass is 10.1. The van der Waals surface area contributed by atoms with Crippen molar-refractivity contribution in [2.75, 3.05) is 13.1 Å². The van der Waals surface area contributed by atoms with Crippen LogP contribution in [0.25, 0.3) is 11.1 Å². The van der Waals surface area contributed by atoms with Crippen molar-refractivity contribution >= 4 is 21.1 Å². The molecule has 1 saturated heterocycles. The van der Waals surface area contributed by atoms with E-state index in [4.69, 9.17) is 9.15 Å². The highest BCUT2D eigenvalue weighted by Gasteiger charge is 2.34. The highest BCUT2D eigenvalue weighted by Crippen LogP contribution is 2.29. The number of hydrogen-bond donors (Lipinski definition) is 1. The summed E-state index contributed by atoms with van der Waals surface area (Å²) >= 11 is 0. The smallest absolute Gasteiger partial charge is 0.433 e. The minimum atomic E-state index is -4.64. The Hall–Kier alpha value is -2.93. The van der Waals surface area contributed by atoms with Crippen molar-refractivity contribution in [2.45, 2.75) is 30.0 Å². The van der Waals surface area contributed by atoms with Gasteiger partial charge in [0.25, 0.3) is 0 Å². The lowest BCUT2D eigenvalue weighted by molar-refractivity contribution is -0.141. The standard InChI is InChI=1S/C17H15F3N4O5S/c18-17(19,20)14-5-6-21-15(23-14)28-10-2-1-7-24(9-10)30(26,27)11-3-4-13-12(8-11)22-16(25)29-13/h3-6,8,10H,1-2,7,9H2,(H,22,25). The van der Waals surface area contributed by atoms with E-state index in [1.54, 1.807) is 0 Å². The van der Waals surface area contributed by atoms with Crippen molar-refractivity contribution in [3.05, 3.63) is 46.7 Å². The summed E-state index contributed by atoms with van der Waals surface area (Å²) in [5, 5.41) is 0. The van der Waals surface area contributed by atoms with Crippen molar-refractivity contribution < 1.29 is 30.7 Å². The Balaban J connectivity index is 1.53.